The molecule has 0 fully saturated rings. The molecule has 4 aromatic rings. The molecule has 0 radical (unpaired) electrons. The van der Waals surface area contributed by atoms with Crippen molar-refractivity contribution in [1.82, 2.24) is 14.5 Å². The number of halogens is 3. The molecule has 2 heterocycles. The Morgan fingerprint density at radius 2 is 1.80 bits per heavy atom. The highest BCUT2D eigenvalue weighted by Crippen LogP contribution is 2.38. The van der Waals surface area contributed by atoms with Crippen molar-refractivity contribution in [2.45, 2.75) is 50.5 Å². The SMILES string of the molecule is CC(C)(C)OC(=O)N1Cc2nc3cc(F)c(-c4cccc(S(C)(=O)=O)c4)cc3n2C(c2ccccc2OC(F)F)C1. The van der Waals surface area contributed by atoms with Gasteiger partial charge in [0.15, 0.2) is 9.84 Å². The van der Waals surface area contributed by atoms with Gasteiger partial charge >= 0.3 is 12.7 Å². The first-order valence-corrected chi connectivity index (χ1v) is 14.6. The first-order chi connectivity index (χ1) is 19.2. The van der Waals surface area contributed by atoms with E-state index in [1.54, 1.807) is 55.7 Å². The lowest BCUT2D eigenvalue weighted by Gasteiger charge is -2.36. The minimum atomic E-state index is -3.54. The summed E-state index contributed by atoms with van der Waals surface area (Å²) in [5.74, 6) is -0.314. The van der Waals surface area contributed by atoms with Crippen LogP contribution in [0.1, 0.15) is 38.2 Å². The van der Waals surface area contributed by atoms with E-state index in [-0.39, 0.29) is 34.8 Å². The number of alkyl halides is 2. The predicted octanol–water partition coefficient (Wildman–Crippen LogP) is 6.19. The summed E-state index contributed by atoms with van der Waals surface area (Å²) in [5.41, 5.74) is 0.819. The second-order valence-corrected chi connectivity index (χ2v) is 12.8. The fourth-order valence-electron chi connectivity index (χ4n) is 4.93. The van der Waals surface area contributed by atoms with E-state index in [0.29, 0.717) is 22.5 Å². The molecule has 1 amide bonds. The van der Waals surface area contributed by atoms with Crippen LogP contribution < -0.4 is 4.74 Å². The standard InChI is InChI=1S/C29H28F3N3O5S/c1-29(2,3)40-28(36)34-15-24(19-10-5-6-11-25(19)39-27(31)32)35-23-13-20(21(30)14-22(23)33-26(35)16-34)17-8-7-9-18(12-17)41(4,37)38/h5-14,24,27H,15-16H2,1-4H3. The normalized spacial score (nSPS) is 15.7. The largest absolute Gasteiger partial charge is 0.444 e. The highest BCUT2D eigenvalue weighted by atomic mass is 32.2. The van der Waals surface area contributed by atoms with Crippen molar-refractivity contribution in [1.29, 1.82) is 0 Å². The lowest BCUT2D eigenvalue weighted by Crippen LogP contribution is -2.44. The molecular formula is C29H28F3N3O5S. The first kappa shape index (κ1) is 28.5. The smallest absolute Gasteiger partial charge is 0.410 e. The average molecular weight is 588 g/mol. The van der Waals surface area contributed by atoms with Gasteiger partial charge in [0.2, 0.25) is 0 Å². The van der Waals surface area contributed by atoms with E-state index in [2.05, 4.69) is 4.98 Å². The zero-order valence-corrected chi connectivity index (χ0v) is 23.6. The number of carbonyl (C=O) groups is 1. The van der Waals surface area contributed by atoms with Gasteiger partial charge in [0.1, 0.15) is 23.0 Å². The average Bonchev–Trinajstić information content (AvgIpc) is 3.23. The predicted molar refractivity (Wildman–Crippen MR) is 146 cm³/mol. The van der Waals surface area contributed by atoms with E-state index in [4.69, 9.17) is 9.47 Å². The number of imidazole rings is 1. The number of hydrogen-bond acceptors (Lipinski definition) is 6. The number of rotatable bonds is 5. The number of carbonyl (C=O) groups excluding carboxylic acids is 1. The van der Waals surface area contributed by atoms with Crippen LogP contribution in [0.15, 0.2) is 65.6 Å². The number of nitrogens with zero attached hydrogens (tertiary/aromatic N) is 3. The maximum atomic E-state index is 15.4. The minimum absolute atomic E-state index is 0.0263. The maximum absolute atomic E-state index is 15.4. The Bertz CT molecular complexity index is 1750. The van der Waals surface area contributed by atoms with E-state index in [0.717, 1.165) is 6.26 Å². The van der Waals surface area contributed by atoms with E-state index in [1.807, 2.05) is 0 Å². The molecule has 216 valence electrons. The van der Waals surface area contributed by atoms with Gasteiger partial charge in [-0.25, -0.2) is 22.6 Å². The molecule has 8 nitrogen and oxygen atoms in total. The van der Waals surface area contributed by atoms with Crippen LogP contribution >= 0.6 is 0 Å². The summed E-state index contributed by atoms with van der Waals surface area (Å²) in [7, 11) is -3.54. The highest BCUT2D eigenvalue weighted by Gasteiger charge is 2.35. The second kappa shape index (κ2) is 10.4. The Hall–Kier alpha value is -4.06. The number of para-hydroxylation sites is 1. The summed E-state index contributed by atoms with van der Waals surface area (Å²) in [6, 6.07) is 14.2. The van der Waals surface area contributed by atoms with Crippen LogP contribution in [0.25, 0.3) is 22.2 Å². The summed E-state index contributed by atoms with van der Waals surface area (Å²) in [6.07, 6.45) is 0.455. The number of aromatic nitrogens is 2. The quantitative estimate of drug-likeness (QED) is 0.277. The topological polar surface area (TPSA) is 90.7 Å². The van der Waals surface area contributed by atoms with Crippen molar-refractivity contribution in [2.24, 2.45) is 0 Å². The van der Waals surface area contributed by atoms with Crippen LogP contribution in [-0.4, -0.2) is 54.0 Å². The van der Waals surface area contributed by atoms with Gasteiger partial charge in [0, 0.05) is 30.0 Å². The zero-order chi connectivity index (χ0) is 29.7. The summed E-state index contributed by atoms with van der Waals surface area (Å²) >= 11 is 0. The number of hydrogen-bond donors (Lipinski definition) is 0. The number of sulfone groups is 1. The third-order valence-electron chi connectivity index (χ3n) is 6.61. The summed E-state index contributed by atoms with van der Waals surface area (Å²) < 4.78 is 78.5. The molecule has 0 N–H and O–H groups in total. The first-order valence-electron chi connectivity index (χ1n) is 12.7. The molecule has 0 bridgehead atoms. The van der Waals surface area contributed by atoms with E-state index >= 15 is 4.39 Å². The van der Waals surface area contributed by atoms with Gasteiger partial charge in [-0.15, -0.1) is 0 Å². The molecule has 3 aromatic carbocycles. The Morgan fingerprint density at radius 1 is 1.07 bits per heavy atom. The van der Waals surface area contributed by atoms with E-state index < -0.39 is 40.0 Å². The fraction of sp³-hybridized carbons (Fsp3) is 0.310. The second-order valence-electron chi connectivity index (χ2n) is 10.8. The van der Waals surface area contributed by atoms with Crippen molar-refractivity contribution in [3.05, 3.63) is 77.9 Å². The van der Waals surface area contributed by atoms with Gasteiger partial charge in [0.25, 0.3) is 0 Å². The minimum Gasteiger partial charge on any atom is -0.444 e. The molecule has 0 spiro atoms. The maximum Gasteiger partial charge on any atom is 0.410 e. The van der Waals surface area contributed by atoms with E-state index in [9.17, 15) is 22.0 Å². The lowest BCUT2D eigenvalue weighted by molar-refractivity contribution is -0.0509. The molecule has 1 aliphatic heterocycles. The van der Waals surface area contributed by atoms with Crippen molar-refractivity contribution in [3.63, 3.8) is 0 Å². The van der Waals surface area contributed by atoms with Crippen molar-refractivity contribution >= 4 is 27.0 Å². The molecule has 41 heavy (non-hydrogen) atoms. The molecule has 1 unspecified atom stereocenters. The molecule has 12 heteroatoms. The molecule has 0 saturated carbocycles. The summed E-state index contributed by atoms with van der Waals surface area (Å²) in [5, 5.41) is 0. The Labute approximate surface area is 235 Å². The number of benzene rings is 3. The summed E-state index contributed by atoms with van der Waals surface area (Å²) in [6.45, 7) is 2.18. The van der Waals surface area contributed by atoms with Gasteiger partial charge in [-0.1, -0.05) is 30.3 Å². The van der Waals surface area contributed by atoms with Crippen molar-refractivity contribution < 1.29 is 35.9 Å². The van der Waals surface area contributed by atoms with Crippen molar-refractivity contribution in [2.75, 3.05) is 12.8 Å². The summed E-state index contributed by atoms with van der Waals surface area (Å²) in [4.78, 5) is 19.1. The van der Waals surface area contributed by atoms with Gasteiger partial charge in [-0.3, -0.25) is 4.90 Å². The van der Waals surface area contributed by atoms with Crippen LogP contribution in [0.3, 0.4) is 0 Å². The monoisotopic (exact) mass is 587 g/mol. The van der Waals surface area contributed by atoms with E-state index in [1.165, 1.54) is 35.2 Å². The van der Waals surface area contributed by atoms with Crippen LogP contribution in [0.2, 0.25) is 0 Å². The van der Waals surface area contributed by atoms with Crippen LogP contribution in [-0.2, 0) is 21.1 Å². The highest BCUT2D eigenvalue weighted by molar-refractivity contribution is 7.90. The zero-order valence-electron chi connectivity index (χ0n) is 22.8. The molecular weight excluding hydrogens is 559 g/mol. The van der Waals surface area contributed by atoms with Crippen molar-refractivity contribution in [3.8, 4) is 16.9 Å². The van der Waals surface area contributed by atoms with Crippen LogP contribution in [0.5, 0.6) is 5.75 Å². The fourth-order valence-corrected chi connectivity index (χ4v) is 5.60. The molecule has 5 rings (SSSR count). The molecule has 1 aliphatic rings. The number of ether oxygens (including phenoxy) is 2. The van der Waals surface area contributed by atoms with Gasteiger partial charge in [-0.05, 0) is 50.6 Å². The Balaban J connectivity index is 1.70. The Kier molecular flexibility index (Phi) is 7.22. The number of fused-ring (bicyclic) bond motifs is 3. The molecule has 0 aliphatic carbocycles. The van der Waals surface area contributed by atoms with Crippen LogP contribution in [0, 0.1) is 5.82 Å². The molecule has 1 aromatic heterocycles. The third-order valence-corrected chi connectivity index (χ3v) is 7.72. The lowest BCUT2D eigenvalue weighted by atomic mass is 10.0. The van der Waals surface area contributed by atoms with Crippen LogP contribution in [0.4, 0.5) is 18.0 Å². The third kappa shape index (κ3) is 5.88. The molecule has 1 atom stereocenters. The number of amides is 1. The molecule has 0 saturated heterocycles. The Morgan fingerprint density at radius 3 is 2.49 bits per heavy atom. The van der Waals surface area contributed by atoms with Gasteiger partial charge in [-0.2, -0.15) is 8.78 Å². The van der Waals surface area contributed by atoms with Gasteiger partial charge < -0.3 is 14.0 Å². The van der Waals surface area contributed by atoms with Gasteiger partial charge in [0.05, 0.1) is 28.5 Å².